The van der Waals surface area contributed by atoms with E-state index in [-0.39, 0.29) is 12.5 Å². The topological polar surface area (TPSA) is 70.4 Å². The van der Waals surface area contributed by atoms with Crippen molar-refractivity contribution < 1.29 is 9.90 Å². The van der Waals surface area contributed by atoms with E-state index >= 15 is 0 Å². The molecule has 1 fully saturated rings. The van der Waals surface area contributed by atoms with Crippen molar-refractivity contribution in [3.05, 3.63) is 17.0 Å². The number of carbonyl (C=O) groups excluding carboxylic acids is 1. The van der Waals surface area contributed by atoms with E-state index in [4.69, 9.17) is 5.11 Å². The Bertz CT molecular complexity index is 480. The minimum Gasteiger partial charge on any atom is -0.394 e. The van der Waals surface area contributed by atoms with Crippen LogP contribution in [0.1, 0.15) is 29.8 Å². The van der Waals surface area contributed by atoms with Crippen molar-refractivity contribution in [2.75, 3.05) is 20.2 Å². The molecule has 0 atom stereocenters. The Morgan fingerprint density at radius 1 is 1.50 bits per heavy atom. The molecule has 1 aromatic heterocycles. The van der Waals surface area contributed by atoms with Crippen molar-refractivity contribution in [3.63, 3.8) is 0 Å². The number of aromatic nitrogens is 2. The summed E-state index contributed by atoms with van der Waals surface area (Å²) in [6.07, 6.45) is 2.23. The molecule has 1 saturated carbocycles. The zero-order valence-corrected chi connectivity index (χ0v) is 12.5. The van der Waals surface area contributed by atoms with Crippen LogP contribution in [0, 0.1) is 13.8 Å². The van der Waals surface area contributed by atoms with Crippen LogP contribution >= 0.6 is 0 Å². The number of likely N-dealkylation sites (N-methyl/N-ethyl adjacent to an activating group) is 1. The van der Waals surface area contributed by atoms with E-state index in [0.29, 0.717) is 25.7 Å². The first-order valence-corrected chi connectivity index (χ1v) is 7.13. The van der Waals surface area contributed by atoms with Gasteiger partial charge in [-0.25, -0.2) is 0 Å². The van der Waals surface area contributed by atoms with Gasteiger partial charge in [-0.3, -0.25) is 14.4 Å². The minimum absolute atomic E-state index is 0.0844. The van der Waals surface area contributed by atoms with Crippen molar-refractivity contribution in [1.29, 1.82) is 0 Å². The Balaban J connectivity index is 1.92. The van der Waals surface area contributed by atoms with Gasteiger partial charge in [0.2, 0.25) is 5.91 Å². The molecular formula is C14H24N4O2. The predicted octanol–water partition coefficient (Wildman–Crippen LogP) is 0.203. The molecule has 0 aromatic carbocycles. The van der Waals surface area contributed by atoms with Gasteiger partial charge in [-0.15, -0.1) is 0 Å². The lowest BCUT2D eigenvalue weighted by atomic mass is 10.2. The van der Waals surface area contributed by atoms with Gasteiger partial charge in [0.15, 0.2) is 0 Å². The van der Waals surface area contributed by atoms with Crippen molar-refractivity contribution in [2.45, 2.75) is 45.8 Å². The maximum atomic E-state index is 11.8. The first kappa shape index (κ1) is 15.0. The van der Waals surface area contributed by atoms with Gasteiger partial charge in [0.1, 0.15) is 0 Å². The molecule has 0 radical (unpaired) electrons. The van der Waals surface area contributed by atoms with E-state index in [1.165, 1.54) is 0 Å². The van der Waals surface area contributed by atoms with Crippen molar-refractivity contribution in [3.8, 4) is 0 Å². The Labute approximate surface area is 119 Å². The zero-order chi connectivity index (χ0) is 14.7. The van der Waals surface area contributed by atoms with E-state index < -0.39 is 0 Å². The molecule has 0 aliphatic heterocycles. The summed E-state index contributed by atoms with van der Waals surface area (Å²) in [5, 5.41) is 16.4. The molecule has 1 amide bonds. The summed E-state index contributed by atoms with van der Waals surface area (Å²) >= 11 is 0. The first-order chi connectivity index (χ1) is 9.51. The fraction of sp³-hybridized carbons (Fsp3) is 0.714. The molecule has 0 saturated heterocycles. The van der Waals surface area contributed by atoms with Crippen LogP contribution in [-0.2, 0) is 17.9 Å². The van der Waals surface area contributed by atoms with Crippen LogP contribution in [0.4, 0.5) is 0 Å². The summed E-state index contributed by atoms with van der Waals surface area (Å²) in [5.41, 5.74) is 3.16. The zero-order valence-electron chi connectivity index (χ0n) is 12.5. The molecule has 0 unspecified atom stereocenters. The average Bonchev–Trinajstić information content (AvgIpc) is 3.13. The van der Waals surface area contributed by atoms with E-state index in [1.807, 2.05) is 30.5 Å². The van der Waals surface area contributed by atoms with Crippen LogP contribution in [0.2, 0.25) is 0 Å². The fourth-order valence-corrected chi connectivity index (χ4v) is 2.35. The second-order valence-electron chi connectivity index (χ2n) is 5.61. The molecule has 20 heavy (non-hydrogen) atoms. The van der Waals surface area contributed by atoms with Gasteiger partial charge in [0.25, 0.3) is 0 Å². The molecule has 0 spiro atoms. The van der Waals surface area contributed by atoms with Crippen LogP contribution in [0.25, 0.3) is 0 Å². The molecule has 1 aromatic rings. The number of nitrogens with one attached hydrogen (secondary N) is 1. The van der Waals surface area contributed by atoms with Gasteiger partial charge in [0, 0.05) is 23.8 Å². The van der Waals surface area contributed by atoms with Crippen LogP contribution in [0.15, 0.2) is 0 Å². The van der Waals surface area contributed by atoms with Gasteiger partial charge in [0.05, 0.1) is 25.4 Å². The van der Waals surface area contributed by atoms with Crippen molar-refractivity contribution >= 4 is 5.91 Å². The largest absolute Gasteiger partial charge is 0.394 e. The molecule has 6 nitrogen and oxygen atoms in total. The Hall–Kier alpha value is -1.40. The molecule has 1 aliphatic carbocycles. The van der Waals surface area contributed by atoms with Gasteiger partial charge in [-0.2, -0.15) is 5.10 Å². The number of carbonyl (C=O) groups is 1. The summed E-state index contributed by atoms with van der Waals surface area (Å²) in [7, 11) is 1.94. The fourth-order valence-electron chi connectivity index (χ4n) is 2.35. The lowest BCUT2D eigenvalue weighted by Crippen LogP contribution is -2.36. The third-order valence-electron chi connectivity index (χ3n) is 3.63. The van der Waals surface area contributed by atoms with Gasteiger partial charge >= 0.3 is 0 Å². The molecule has 2 rings (SSSR count). The summed E-state index contributed by atoms with van der Waals surface area (Å²) in [6.45, 7) is 5.67. The SMILES string of the molecule is Cc1nn(CCO)c(C)c1CN(C)CC(=O)NC1CC1. The average molecular weight is 280 g/mol. The van der Waals surface area contributed by atoms with Crippen LogP contribution in [0.3, 0.4) is 0 Å². The maximum Gasteiger partial charge on any atom is 0.234 e. The van der Waals surface area contributed by atoms with Gasteiger partial charge in [-0.05, 0) is 33.7 Å². The Morgan fingerprint density at radius 3 is 2.80 bits per heavy atom. The smallest absolute Gasteiger partial charge is 0.234 e. The van der Waals surface area contributed by atoms with Crippen LogP contribution < -0.4 is 5.32 Å². The number of rotatable bonds is 7. The predicted molar refractivity (Wildman–Crippen MR) is 76.3 cm³/mol. The molecule has 6 heteroatoms. The van der Waals surface area contributed by atoms with Gasteiger partial charge in [-0.1, -0.05) is 0 Å². The van der Waals surface area contributed by atoms with Crippen LogP contribution in [-0.4, -0.2) is 51.9 Å². The molecule has 112 valence electrons. The number of hydrogen-bond acceptors (Lipinski definition) is 4. The lowest BCUT2D eigenvalue weighted by molar-refractivity contribution is -0.122. The number of hydrogen-bond donors (Lipinski definition) is 2. The van der Waals surface area contributed by atoms with E-state index in [9.17, 15) is 4.79 Å². The highest BCUT2D eigenvalue weighted by molar-refractivity contribution is 5.78. The third-order valence-corrected chi connectivity index (χ3v) is 3.63. The molecule has 1 aliphatic rings. The second-order valence-corrected chi connectivity index (χ2v) is 5.61. The number of nitrogens with zero attached hydrogens (tertiary/aromatic N) is 3. The molecule has 2 N–H and O–H groups in total. The number of aliphatic hydroxyl groups excluding tert-OH is 1. The van der Waals surface area contributed by atoms with E-state index in [0.717, 1.165) is 29.8 Å². The quantitative estimate of drug-likeness (QED) is 0.749. The third kappa shape index (κ3) is 3.80. The summed E-state index contributed by atoms with van der Waals surface area (Å²) in [5.74, 6) is 0.0908. The van der Waals surface area contributed by atoms with E-state index in [2.05, 4.69) is 10.4 Å². The normalized spacial score (nSPS) is 14.8. The number of aryl methyl sites for hydroxylation is 1. The second kappa shape index (κ2) is 6.37. The minimum atomic E-state index is 0.0844. The Kier molecular flexibility index (Phi) is 4.77. The highest BCUT2D eigenvalue weighted by Gasteiger charge is 2.23. The maximum absolute atomic E-state index is 11.8. The van der Waals surface area contributed by atoms with Crippen molar-refractivity contribution in [1.82, 2.24) is 20.0 Å². The Morgan fingerprint density at radius 2 is 2.20 bits per heavy atom. The first-order valence-electron chi connectivity index (χ1n) is 7.13. The summed E-state index contributed by atoms with van der Waals surface area (Å²) in [4.78, 5) is 13.8. The number of amides is 1. The highest BCUT2D eigenvalue weighted by atomic mass is 16.3. The monoisotopic (exact) mass is 280 g/mol. The van der Waals surface area contributed by atoms with E-state index in [1.54, 1.807) is 0 Å². The standard InChI is InChI=1S/C14H24N4O2/c1-10-13(11(2)18(16-10)6-7-19)8-17(3)9-14(20)15-12-4-5-12/h12,19H,4-9H2,1-3H3,(H,15,20). The highest BCUT2D eigenvalue weighted by Crippen LogP contribution is 2.18. The lowest BCUT2D eigenvalue weighted by Gasteiger charge is -2.16. The molecule has 0 bridgehead atoms. The van der Waals surface area contributed by atoms with Crippen LogP contribution in [0.5, 0.6) is 0 Å². The number of aliphatic hydroxyl groups is 1. The summed E-state index contributed by atoms with van der Waals surface area (Å²) in [6, 6.07) is 0.409. The molecular weight excluding hydrogens is 256 g/mol. The molecule has 1 heterocycles. The van der Waals surface area contributed by atoms with Gasteiger partial charge < -0.3 is 10.4 Å². The summed E-state index contributed by atoms with van der Waals surface area (Å²) < 4.78 is 1.82. The van der Waals surface area contributed by atoms with Crippen molar-refractivity contribution in [2.24, 2.45) is 0 Å².